The summed E-state index contributed by atoms with van der Waals surface area (Å²) >= 11 is 12.3. The van der Waals surface area contributed by atoms with Crippen LogP contribution in [0.15, 0.2) is 58.8 Å². The Bertz CT molecular complexity index is 1590. The van der Waals surface area contributed by atoms with Crippen LogP contribution in [-0.2, 0) is 9.53 Å². The van der Waals surface area contributed by atoms with Gasteiger partial charge in [-0.05, 0) is 69.7 Å². The van der Waals surface area contributed by atoms with Gasteiger partial charge in [0.25, 0.3) is 0 Å². The van der Waals surface area contributed by atoms with Crippen molar-refractivity contribution < 1.29 is 28.9 Å². The average Bonchev–Trinajstić information content (AvgIpc) is 3.25. The number of esters is 1. The summed E-state index contributed by atoms with van der Waals surface area (Å²) in [7, 11) is 1.28. The monoisotopic (exact) mass is 629 g/mol. The van der Waals surface area contributed by atoms with Gasteiger partial charge in [0.05, 0.1) is 41.6 Å². The fourth-order valence-electron chi connectivity index (χ4n) is 4.75. The quantitative estimate of drug-likeness (QED) is 0.102. The molecule has 0 saturated carbocycles. The van der Waals surface area contributed by atoms with Gasteiger partial charge in [0.15, 0.2) is 17.7 Å². The summed E-state index contributed by atoms with van der Waals surface area (Å²) in [6.45, 7) is 7.56. The molecule has 1 aromatic heterocycles. The molecule has 1 aliphatic heterocycles. The van der Waals surface area contributed by atoms with Crippen LogP contribution in [-0.4, -0.2) is 54.4 Å². The number of amides is 2. The molecule has 4 N–H and O–H groups in total. The Hall–Kier alpha value is -4.19. The van der Waals surface area contributed by atoms with Crippen molar-refractivity contribution in [2.75, 3.05) is 20.3 Å². The number of aliphatic hydroxyl groups excluding tert-OH is 1. The number of nitrogens with zero attached hydrogens (tertiary/aromatic N) is 2. The van der Waals surface area contributed by atoms with Crippen molar-refractivity contribution in [1.29, 1.82) is 0 Å². The maximum atomic E-state index is 12.4. The minimum atomic E-state index is -1.14. The lowest BCUT2D eigenvalue weighted by molar-refractivity contribution is -0.136. The second kappa shape index (κ2) is 13.9. The minimum absolute atomic E-state index is 0.143. The Kier molecular flexibility index (Phi) is 10.2. The van der Waals surface area contributed by atoms with E-state index >= 15 is 0 Å². The number of aryl methyl sites for hydroxylation is 1. The summed E-state index contributed by atoms with van der Waals surface area (Å²) in [5.41, 5.74) is 7.54. The number of rotatable bonds is 11. The first-order chi connectivity index (χ1) is 20.5. The lowest BCUT2D eigenvalue weighted by Crippen LogP contribution is -2.45. The molecule has 228 valence electrons. The molecule has 0 fully saturated rings. The van der Waals surface area contributed by atoms with Crippen molar-refractivity contribution in [1.82, 2.24) is 20.6 Å². The summed E-state index contributed by atoms with van der Waals surface area (Å²) in [6.07, 6.45) is 0.478. The SMILES string of the molecule is CCOc1cc([C@H]2NC(=O)NC(C)=C2C(=O)OC)ccc1OC[C@@H](O)N/N=C/c1cc(C)n(-c2ccc(Cl)c(Cl)c2)c1C. The van der Waals surface area contributed by atoms with Crippen molar-refractivity contribution in [3.05, 3.63) is 86.3 Å². The molecule has 2 atom stereocenters. The highest BCUT2D eigenvalue weighted by molar-refractivity contribution is 6.42. The van der Waals surface area contributed by atoms with E-state index in [-0.39, 0.29) is 12.2 Å². The van der Waals surface area contributed by atoms with E-state index in [2.05, 4.69) is 21.2 Å². The Balaban J connectivity index is 1.43. The number of methoxy groups -OCH3 is 1. The molecule has 0 saturated heterocycles. The van der Waals surface area contributed by atoms with E-state index in [1.54, 1.807) is 43.5 Å². The summed E-state index contributed by atoms with van der Waals surface area (Å²) in [4.78, 5) is 24.6. The first kappa shape index (κ1) is 31.7. The van der Waals surface area contributed by atoms with Crippen LogP contribution >= 0.6 is 23.2 Å². The van der Waals surface area contributed by atoms with Gasteiger partial charge in [-0.1, -0.05) is 29.3 Å². The van der Waals surface area contributed by atoms with Crippen LogP contribution in [0.5, 0.6) is 11.5 Å². The molecule has 4 rings (SSSR count). The lowest BCUT2D eigenvalue weighted by Gasteiger charge is -2.28. The summed E-state index contributed by atoms with van der Waals surface area (Å²) < 4.78 is 18.5. The first-order valence-electron chi connectivity index (χ1n) is 13.4. The number of halogens is 2. The molecule has 0 spiro atoms. The summed E-state index contributed by atoms with van der Waals surface area (Å²) in [5.74, 6) is 0.167. The van der Waals surface area contributed by atoms with Gasteiger partial charge in [-0.15, -0.1) is 0 Å². The van der Waals surface area contributed by atoms with Gasteiger partial charge in [0, 0.05) is 28.3 Å². The molecular weight excluding hydrogens is 597 g/mol. The van der Waals surface area contributed by atoms with E-state index in [0.717, 1.165) is 22.6 Å². The average molecular weight is 631 g/mol. The molecule has 2 aromatic carbocycles. The van der Waals surface area contributed by atoms with Crippen LogP contribution in [0.4, 0.5) is 4.79 Å². The number of ether oxygens (including phenoxy) is 3. The fraction of sp³-hybridized carbons (Fsp3) is 0.300. The third-order valence-corrected chi connectivity index (χ3v) is 7.47. The van der Waals surface area contributed by atoms with Gasteiger partial charge < -0.3 is 34.5 Å². The van der Waals surface area contributed by atoms with Gasteiger partial charge in [-0.25, -0.2) is 9.59 Å². The topological polar surface area (TPSA) is 135 Å². The number of urea groups is 1. The molecule has 0 bridgehead atoms. The van der Waals surface area contributed by atoms with Gasteiger partial charge in [0.1, 0.15) is 6.61 Å². The van der Waals surface area contributed by atoms with E-state index in [1.807, 2.05) is 37.5 Å². The largest absolute Gasteiger partial charge is 0.490 e. The number of nitrogens with one attached hydrogen (secondary N) is 3. The second-order valence-electron chi connectivity index (χ2n) is 9.68. The molecule has 3 aromatic rings. The number of hydrogen-bond acceptors (Lipinski definition) is 8. The molecule has 2 amide bonds. The summed E-state index contributed by atoms with van der Waals surface area (Å²) in [5, 5.41) is 20.9. The second-order valence-corrected chi connectivity index (χ2v) is 10.5. The van der Waals surface area contributed by atoms with Crippen molar-refractivity contribution in [3.63, 3.8) is 0 Å². The van der Waals surface area contributed by atoms with Crippen molar-refractivity contribution >= 4 is 41.4 Å². The van der Waals surface area contributed by atoms with Crippen LogP contribution < -0.4 is 25.5 Å². The Morgan fingerprint density at radius 1 is 1.12 bits per heavy atom. The standard InChI is InChI=1S/C30H33Cl2N5O6/c1-6-42-25-12-19(28-27(29(39)41-5)17(3)34-30(40)35-28)7-10-24(25)43-15-26(38)36-33-14-20-11-16(2)37(18(20)4)21-8-9-22(31)23(32)13-21/h7-14,26,28,36,38H,6,15H2,1-5H3,(H2,34,35,40)/b33-14+/t26-,28-/m1/s1. The normalized spacial score (nSPS) is 15.6. The molecule has 13 heteroatoms. The van der Waals surface area contributed by atoms with Crippen LogP contribution in [0.25, 0.3) is 5.69 Å². The Morgan fingerprint density at radius 3 is 2.58 bits per heavy atom. The molecule has 43 heavy (non-hydrogen) atoms. The molecule has 2 heterocycles. The highest BCUT2D eigenvalue weighted by Gasteiger charge is 2.32. The predicted octanol–water partition coefficient (Wildman–Crippen LogP) is 4.92. The zero-order chi connectivity index (χ0) is 31.3. The van der Waals surface area contributed by atoms with E-state index in [1.165, 1.54) is 7.11 Å². The highest BCUT2D eigenvalue weighted by Crippen LogP contribution is 2.35. The smallest absolute Gasteiger partial charge is 0.337 e. The third kappa shape index (κ3) is 7.24. The maximum absolute atomic E-state index is 12.4. The van der Waals surface area contributed by atoms with Crippen LogP contribution in [0.2, 0.25) is 10.0 Å². The lowest BCUT2D eigenvalue weighted by atomic mass is 9.95. The third-order valence-electron chi connectivity index (χ3n) is 6.73. The Morgan fingerprint density at radius 2 is 1.88 bits per heavy atom. The van der Waals surface area contributed by atoms with Crippen molar-refractivity contribution in [2.24, 2.45) is 5.10 Å². The van der Waals surface area contributed by atoms with Gasteiger partial charge in [-0.3, -0.25) is 5.43 Å². The van der Waals surface area contributed by atoms with Crippen molar-refractivity contribution in [3.8, 4) is 17.2 Å². The number of benzene rings is 2. The molecular formula is C30H33Cl2N5O6. The van der Waals surface area contributed by atoms with Gasteiger partial charge in [0.2, 0.25) is 0 Å². The molecule has 11 nitrogen and oxygen atoms in total. The van der Waals surface area contributed by atoms with Crippen LogP contribution in [0.1, 0.15) is 42.4 Å². The number of hydrazone groups is 1. The molecule has 0 aliphatic carbocycles. The zero-order valence-electron chi connectivity index (χ0n) is 24.3. The zero-order valence-corrected chi connectivity index (χ0v) is 25.8. The first-order valence-corrected chi connectivity index (χ1v) is 14.2. The molecule has 0 unspecified atom stereocenters. The van der Waals surface area contributed by atoms with Crippen molar-refractivity contribution in [2.45, 2.75) is 40.0 Å². The number of hydrogen-bond donors (Lipinski definition) is 4. The maximum Gasteiger partial charge on any atom is 0.337 e. The number of aromatic nitrogens is 1. The molecule has 0 radical (unpaired) electrons. The van der Waals surface area contributed by atoms with E-state index < -0.39 is 24.3 Å². The fourth-order valence-corrected chi connectivity index (χ4v) is 5.05. The van der Waals surface area contributed by atoms with E-state index in [9.17, 15) is 14.7 Å². The Labute approximate surface area is 259 Å². The van der Waals surface area contributed by atoms with E-state index in [0.29, 0.717) is 39.4 Å². The number of carbonyl (C=O) groups excluding carboxylic acids is 2. The van der Waals surface area contributed by atoms with Crippen LogP contribution in [0.3, 0.4) is 0 Å². The van der Waals surface area contributed by atoms with Gasteiger partial charge in [-0.2, -0.15) is 5.10 Å². The summed E-state index contributed by atoms with van der Waals surface area (Å²) in [6, 6.07) is 11.2. The number of allylic oxidation sites excluding steroid dienone is 1. The predicted molar refractivity (Wildman–Crippen MR) is 164 cm³/mol. The molecule has 1 aliphatic rings. The number of carbonyl (C=O) groups is 2. The van der Waals surface area contributed by atoms with Gasteiger partial charge >= 0.3 is 12.0 Å². The highest BCUT2D eigenvalue weighted by atomic mass is 35.5. The van der Waals surface area contributed by atoms with Crippen LogP contribution in [0, 0.1) is 13.8 Å². The minimum Gasteiger partial charge on any atom is -0.490 e. The number of aliphatic hydroxyl groups is 1. The van der Waals surface area contributed by atoms with E-state index in [4.69, 9.17) is 37.4 Å².